The van der Waals surface area contributed by atoms with Gasteiger partial charge in [0.15, 0.2) is 5.43 Å². The second kappa shape index (κ2) is 6.12. The SMILES string of the molecule is CC(=O)OCc1c(-c2ccccc2)sc2ccccc2c1=O. The number of hydrogen-bond donors (Lipinski definition) is 0. The molecule has 0 amide bonds. The molecule has 3 rings (SSSR count). The predicted molar refractivity (Wildman–Crippen MR) is 89.0 cm³/mol. The molecule has 2 aromatic carbocycles. The Balaban J connectivity index is 2.26. The molecule has 0 atom stereocenters. The zero-order chi connectivity index (χ0) is 15.5. The molecule has 0 saturated heterocycles. The topological polar surface area (TPSA) is 43.4 Å². The average molecular weight is 310 g/mol. The lowest BCUT2D eigenvalue weighted by atomic mass is 10.1. The lowest BCUT2D eigenvalue weighted by Gasteiger charge is -2.10. The molecule has 0 spiro atoms. The number of carbonyl (C=O) groups is 1. The third-order valence-electron chi connectivity index (χ3n) is 3.35. The molecule has 0 radical (unpaired) electrons. The highest BCUT2D eigenvalue weighted by Gasteiger charge is 2.15. The van der Waals surface area contributed by atoms with Crippen molar-refractivity contribution in [1.29, 1.82) is 0 Å². The van der Waals surface area contributed by atoms with Crippen LogP contribution in [0.25, 0.3) is 20.5 Å². The van der Waals surface area contributed by atoms with Gasteiger partial charge in [-0.1, -0.05) is 42.5 Å². The van der Waals surface area contributed by atoms with Gasteiger partial charge < -0.3 is 4.74 Å². The van der Waals surface area contributed by atoms with Crippen LogP contribution in [-0.2, 0) is 16.1 Å². The van der Waals surface area contributed by atoms with Gasteiger partial charge in [-0.3, -0.25) is 9.59 Å². The van der Waals surface area contributed by atoms with E-state index in [-0.39, 0.29) is 12.0 Å². The normalized spacial score (nSPS) is 10.6. The summed E-state index contributed by atoms with van der Waals surface area (Å²) in [6, 6.07) is 17.2. The van der Waals surface area contributed by atoms with Crippen LogP contribution in [-0.4, -0.2) is 5.97 Å². The zero-order valence-electron chi connectivity index (χ0n) is 12.0. The molecule has 0 bridgehead atoms. The molecular weight excluding hydrogens is 296 g/mol. The van der Waals surface area contributed by atoms with Gasteiger partial charge in [-0.2, -0.15) is 0 Å². The minimum atomic E-state index is -0.392. The van der Waals surface area contributed by atoms with E-state index in [0.29, 0.717) is 10.9 Å². The minimum absolute atomic E-state index is 0.000269. The average Bonchev–Trinajstić information content (AvgIpc) is 2.54. The van der Waals surface area contributed by atoms with Crippen molar-refractivity contribution in [2.24, 2.45) is 0 Å². The van der Waals surface area contributed by atoms with Crippen molar-refractivity contribution in [2.75, 3.05) is 0 Å². The van der Waals surface area contributed by atoms with E-state index in [2.05, 4.69) is 0 Å². The highest BCUT2D eigenvalue weighted by Crippen LogP contribution is 2.31. The van der Waals surface area contributed by atoms with E-state index in [1.54, 1.807) is 17.4 Å². The number of benzene rings is 2. The van der Waals surface area contributed by atoms with Crippen LogP contribution in [0.2, 0.25) is 0 Å². The van der Waals surface area contributed by atoms with Crippen molar-refractivity contribution in [3.05, 3.63) is 70.4 Å². The molecule has 1 aromatic heterocycles. The molecule has 0 aliphatic rings. The maximum absolute atomic E-state index is 12.8. The van der Waals surface area contributed by atoms with E-state index >= 15 is 0 Å². The van der Waals surface area contributed by atoms with Crippen LogP contribution in [0, 0.1) is 0 Å². The van der Waals surface area contributed by atoms with Gasteiger partial charge in [-0.05, 0) is 17.7 Å². The Kier molecular flexibility index (Phi) is 4.02. The van der Waals surface area contributed by atoms with Gasteiger partial charge in [0.1, 0.15) is 6.61 Å². The molecule has 0 unspecified atom stereocenters. The van der Waals surface area contributed by atoms with E-state index < -0.39 is 5.97 Å². The fraction of sp³-hybridized carbons (Fsp3) is 0.111. The van der Waals surface area contributed by atoms with Crippen LogP contribution in [0.1, 0.15) is 12.5 Å². The summed E-state index contributed by atoms with van der Waals surface area (Å²) in [5.74, 6) is -0.392. The van der Waals surface area contributed by atoms with E-state index in [0.717, 1.165) is 15.1 Å². The lowest BCUT2D eigenvalue weighted by Crippen LogP contribution is -2.13. The molecule has 0 saturated carbocycles. The Morgan fingerprint density at radius 3 is 2.45 bits per heavy atom. The molecule has 0 N–H and O–H groups in total. The molecular formula is C18H14O3S. The first-order valence-corrected chi connectivity index (χ1v) is 7.72. The molecule has 3 aromatic rings. The van der Waals surface area contributed by atoms with Gasteiger partial charge >= 0.3 is 5.97 Å². The van der Waals surface area contributed by atoms with E-state index in [1.165, 1.54) is 6.92 Å². The van der Waals surface area contributed by atoms with Crippen molar-refractivity contribution in [3.63, 3.8) is 0 Å². The smallest absolute Gasteiger partial charge is 0.302 e. The first kappa shape index (κ1) is 14.5. The number of fused-ring (bicyclic) bond motifs is 1. The fourth-order valence-corrected chi connectivity index (χ4v) is 3.47. The van der Waals surface area contributed by atoms with Crippen LogP contribution < -0.4 is 5.43 Å². The summed E-state index contributed by atoms with van der Waals surface area (Å²) < 4.78 is 6.02. The van der Waals surface area contributed by atoms with Gasteiger partial charge in [0, 0.05) is 21.9 Å². The first-order chi connectivity index (χ1) is 10.7. The van der Waals surface area contributed by atoms with Gasteiger partial charge in [0.2, 0.25) is 0 Å². The Morgan fingerprint density at radius 2 is 1.73 bits per heavy atom. The quantitative estimate of drug-likeness (QED) is 0.687. The van der Waals surface area contributed by atoms with Crippen molar-refractivity contribution in [1.82, 2.24) is 0 Å². The second-order valence-corrected chi connectivity index (χ2v) is 5.93. The number of hydrogen-bond acceptors (Lipinski definition) is 4. The summed E-state index contributed by atoms with van der Waals surface area (Å²) in [6.45, 7) is 1.34. The molecule has 22 heavy (non-hydrogen) atoms. The Labute approximate surface area is 131 Å². The van der Waals surface area contributed by atoms with Gasteiger partial charge in [-0.25, -0.2) is 0 Å². The number of rotatable bonds is 3. The molecule has 1 heterocycles. The van der Waals surface area contributed by atoms with Crippen LogP contribution in [0.4, 0.5) is 0 Å². The standard InChI is InChI=1S/C18H14O3S/c1-12(19)21-11-15-17(20)14-9-5-6-10-16(14)22-18(15)13-7-3-2-4-8-13/h2-10H,11H2,1H3. The fourth-order valence-electron chi connectivity index (χ4n) is 2.31. The maximum Gasteiger partial charge on any atom is 0.302 e. The highest BCUT2D eigenvalue weighted by molar-refractivity contribution is 7.21. The summed E-state index contributed by atoms with van der Waals surface area (Å²) in [7, 11) is 0. The summed E-state index contributed by atoms with van der Waals surface area (Å²) in [4.78, 5) is 24.7. The van der Waals surface area contributed by atoms with Gasteiger partial charge in [0.25, 0.3) is 0 Å². The zero-order valence-corrected chi connectivity index (χ0v) is 12.9. The third kappa shape index (κ3) is 2.78. The lowest BCUT2D eigenvalue weighted by molar-refractivity contribution is -0.142. The van der Waals surface area contributed by atoms with Crippen molar-refractivity contribution < 1.29 is 9.53 Å². The number of esters is 1. The van der Waals surface area contributed by atoms with Gasteiger partial charge in [0.05, 0.1) is 5.56 Å². The van der Waals surface area contributed by atoms with Crippen LogP contribution in [0.3, 0.4) is 0 Å². The van der Waals surface area contributed by atoms with E-state index in [4.69, 9.17) is 4.74 Å². The second-order valence-electron chi connectivity index (χ2n) is 4.88. The Bertz CT molecular complexity index is 882. The van der Waals surface area contributed by atoms with Crippen LogP contribution in [0.5, 0.6) is 0 Å². The number of ether oxygens (including phenoxy) is 1. The van der Waals surface area contributed by atoms with Crippen LogP contribution in [0.15, 0.2) is 59.4 Å². The van der Waals surface area contributed by atoms with Crippen molar-refractivity contribution >= 4 is 27.4 Å². The predicted octanol–water partition coefficient (Wildman–Crippen LogP) is 3.99. The monoisotopic (exact) mass is 310 g/mol. The Morgan fingerprint density at radius 1 is 1.05 bits per heavy atom. The summed E-state index contributed by atoms with van der Waals surface area (Å²) in [5.41, 5.74) is 1.41. The summed E-state index contributed by atoms with van der Waals surface area (Å²) >= 11 is 1.54. The molecule has 3 nitrogen and oxygen atoms in total. The number of carbonyl (C=O) groups excluding carboxylic acids is 1. The molecule has 0 fully saturated rings. The minimum Gasteiger partial charge on any atom is -0.461 e. The maximum atomic E-state index is 12.8. The van der Waals surface area contributed by atoms with Crippen molar-refractivity contribution in [2.45, 2.75) is 13.5 Å². The van der Waals surface area contributed by atoms with E-state index in [1.807, 2.05) is 48.5 Å². The molecule has 0 aliphatic heterocycles. The molecule has 0 aliphatic carbocycles. The summed E-state index contributed by atoms with van der Waals surface area (Å²) in [5, 5.41) is 0.661. The van der Waals surface area contributed by atoms with E-state index in [9.17, 15) is 9.59 Å². The highest BCUT2D eigenvalue weighted by atomic mass is 32.1. The summed E-state index contributed by atoms with van der Waals surface area (Å²) in [6.07, 6.45) is 0. The molecule has 4 heteroatoms. The molecule has 110 valence electrons. The largest absolute Gasteiger partial charge is 0.461 e. The van der Waals surface area contributed by atoms with Crippen LogP contribution >= 0.6 is 11.3 Å². The third-order valence-corrected chi connectivity index (χ3v) is 4.61. The first-order valence-electron chi connectivity index (χ1n) is 6.90. The van der Waals surface area contributed by atoms with Crippen molar-refractivity contribution in [3.8, 4) is 10.4 Å². The Hall–Kier alpha value is -2.46. The van der Waals surface area contributed by atoms with Gasteiger partial charge in [-0.15, -0.1) is 11.3 Å².